The van der Waals surface area contributed by atoms with Gasteiger partial charge in [-0.2, -0.15) is 0 Å². The van der Waals surface area contributed by atoms with E-state index in [1.807, 2.05) is 60.7 Å². The van der Waals surface area contributed by atoms with Crippen LogP contribution in [-0.2, 0) is 22.7 Å². The van der Waals surface area contributed by atoms with Gasteiger partial charge in [0, 0.05) is 13.1 Å². The molecule has 5 heteroatoms. The molecular formula is C21H25N3O2. The third kappa shape index (κ3) is 5.17. The molecule has 2 atom stereocenters. The number of nitrogens with one attached hydrogen (secondary N) is 3. The van der Waals surface area contributed by atoms with Crippen LogP contribution in [0.25, 0.3) is 0 Å². The number of hydrogen-bond acceptors (Lipinski definition) is 3. The number of rotatable bonds is 6. The van der Waals surface area contributed by atoms with E-state index in [-0.39, 0.29) is 23.9 Å². The Morgan fingerprint density at radius 3 is 1.62 bits per heavy atom. The van der Waals surface area contributed by atoms with Gasteiger partial charge in [0.25, 0.3) is 0 Å². The molecule has 1 heterocycles. The molecule has 0 aromatic heterocycles. The number of piperidine rings is 1. The highest BCUT2D eigenvalue weighted by molar-refractivity contribution is 5.85. The summed E-state index contributed by atoms with van der Waals surface area (Å²) < 4.78 is 0. The minimum absolute atomic E-state index is 0.0468. The Labute approximate surface area is 154 Å². The average molecular weight is 351 g/mol. The fourth-order valence-electron chi connectivity index (χ4n) is 3.17. The Kier molecular flexibility index (Phi) is 6.39. The minimum Gasteiger partial charge on any atom is -0.351 e. The van der Waals surface area contributed by atoms with Crippen molar-refractivity contribution in [2.75, 3.05) is 0 Å². The van der Waals surface area contributed by atoms with Gasteiger partial charge >= 0.3 is 0 Å². The Balaban J connectivity index is 1.47. The third-order valence-corrected chi connectivity index (χ3v) is 4.64. The number of hydrogen-bond donors (Lipinski definition) is 3. The minimum atomic E-state index is -0.320. The fraction of sp³-hybridized carbons (Fsp3) is 0.333. The van der Waals surface area contributed by atoms with Crippen molar-refractivity contribution in [2.45, 2.75) is 44.4 Å². The Bertz CT molecular complexity index is 657. The van der Waals surface area contributed by atoms with Gasteiger partial charge in [0.15, 0.2) is 0 Å². The maximum absolute atomic E-state index is 12.4. The molecule has 3 rings (SSSR count). The van der Waals surface area contributed by atoms with Crippen LogP contribution < -0.4 is 16.0 Å². The van der Waals surface area contributed by atoms with Crippen molar-refractivity contribution in [2.24, 2.45) is 0 Å². The van der Waals surface area contributed by atoms with Crippen LogP contribution in [0.5, 0.6) is 0 Å². The average Bonchev–Trinajstić information content (AvgIpc) is 2.72. The molecule has 0 radical (unpaired) electrons. The summed E-state index contributed by atoms with van der Waals surface area (Å²) in [4.78, 5) is 24.8. The van der Waals surface area contributed by atoms with E-state index in [9.17, 15) is 9.59 Å². The molecule has 2 unspecified atom stereocenters. The first-order chi connectivity index (χ1) is 12.7. The van der Waals surface area contributed by atoms with Gasteiger partial charge in [0.05, 0.1) is 12.1 Å². The van der Waals surface area contributed by atoms with Crippen molar-refractivity contribution in [1.82, 2.24) is 16.0 Å². The molecule has 1 aliphatic heterocycles. The van der Waals surface area contributed by atoms with Crippen LogP contribution in [-0.4, -0.2) is 23.9 Å². The van der Waals surface area contributed by atoms with Crippen molar-refractivity contribution < 1.29 is 9.59 Å². The molecule has 1 fully saturated rings. The monoisotopic (exact) mass is 351 g/mol. The van der Waals surface area contributed by atoms with E-state index < -0.39 is 0 Å². The van der Waals surface area contributed by atoms with E-state index in [1.54, 1.807) is 0 Å². The van der Waals surface area contributed by atoms with Crippen molar-refractivity contribution in [3.8, 4) is 0 Å². The molecular weight excluding hydrogens is 326 g/mol. The van der Waals surface area contributed by atoms with Crippen LogP contribution in [0.2, 0.25) is 0 Å². The van der Waals surface area contributed by atoms with Crippen LogP contribution in [0.3, 0.4) is 0 Å². The molecule has 2 aromatic carbocycles. The molecule has 2 aromatic rings. The van der Waals surface area contributed by atoms with E-state index in [1.165, 1.54) is 0 Å². The smallest absolute Gasteiger partial charge is 0.237 e. The Hall–Kier alpha value is -2.66. The molecule has 0 bridgehead atoms. The summed E-state index contributed by atoms with van der Waals surface area (Å²) in [6, 6.07) is 19.0. The Morgan fingerprint density at radius 2 is 1.19 bits per heavy atom. The molecule has 2 amide bonds. The van der Waals surface area contributed by atoms with Gasteiger partial charge in [-0.05, 0) is 30.4 Å². The topological polar surface area (TPSA) is 70.2 Å². The maximum Gasteiger partial charge on any atom is 0.237 e. The SMILES string of the molecule is O=C(NCc1ccccc1)C1CCCC(C(=O)NCc2ccccc2)N1. The largest absolute Gasteiger partial charge is 0.351 e. The quantitative estimate of drug-likeness (QED) is 0.747. The molecule has 0 saturated carbocycles. The summed E-state index contributed by atoms with van der Waals surface area (Å²) in [5.41, 5.74) is 2.13. The highest BCUT2D eigenvalue weighted by Gasteiger charge is 2.30. The highest BCUT2D eigenvalue weighted by Crippen LogP contribution is 2.14. The fourth-order valence-corrected chi connectivity index (χ4v) is 3.17. The molecule has 3 N–H and O–H groups in total. The van der Waals surface area contributed by atoms with Crippen LogP contribution in [0, 0.1) is 0 Å². The zero-order chi connectivity index (χ0) is 18.2. The molecule has 0 spiro atoms. The second kappa shape index (κ2) is 9.15. The number of carbonyl (C=O) groups is 2. The molecule has 5 nitrogen and oxygen atoms in total. The lowest BCUT2D eigenvalue weighted by molar-refractivity contribution is -0.127. The van der Waals surface area contributed by atoms with E-state index in [0.29, 0.717) is 13.1 Å². The van der Waals surface area contributed by atoms with Gasteiger partial charge in [0.2, 0.25) is 11.8 Å². The van der Waals surface area contributed by atoms with Gasteiger partial charge in [-0.3, -0.25) is 14.9 Å². The molecule has 1 saturated heterocycles. The maximum atomic E-state index is 12.4. The van der Waals surface area contributed by atoms with E-state index in [2.05, 4.69) is 16.0 Å². The number of amides is 2. The van der Waals surface area contributed by atoms with Crippen LogP contribution >= 0.6 is 0 Å². The molecule has 26 heavy (non-hydrogen) atoms. The molecule has 0 aliphatic carbocycles. The normalized spacial score (nSPS) is 19.5. The predicted molar refractivity (Wildman–Crippen MR) is 101 cm³/mol. The summed E-state index contributed by atoms with van der Waals surface area (Å²) in [6.45, 7) is 1.01. The van der Waals surface area contributed by atoms with Gasteiger partial charge in [-0.15, -0.1) is 0 Å². The second-order valence-corrected chi connectivity index (χ2v) is 6.61. The van der Waals surface area contributed by atoms with Crippen molar-refractivity contribution in [3.63, 3.8) is 0 Å². The van der Waals surface area contributed by atoms with E-state index in [0.717, 1.165) is 30.4 Å². The van der Waals surface area contributed by atoms with E-state index >= 15 is 0 Å². The first kappa shape index (κ1) is 18.1. The summed E-state index contributed by atoms with van der Waals surface area (Å²) in [6.07, 6.45) is 2.37. The first-order valence-electron chi connectivity index (χ1n) is 9.12. The van der Waals surface area contributed by atoms with Gasteiger partial charge in [-0.25, -0.2) is 0 Å². The number of carbonyl (C=O) groups excluding carboxylic acids is 2. The lowest BCUT2D eigenvalue weighted by Gasteiger charge is -2.29. The summed E-state index contributed by atoms with van der Waals surface area (Å²) in [5, 5.41) is 9.11. The summed E-state index contributed by atoms with van der Waals surface area (Å²) in [5.74, 6) is -0.0937. The molecule has 1 aliphatic rings. The van der Waals surface area contributed by atoms with Crippen molar-refractivity contribution >= 4 is 11.8 Å². The van der Waals surface area contributed by atoms with Crippen LogP contribution in [0.15, 0.2) is 60.7 Å². The summed E-state index contributed by atoms with van der Waals surface area (Å²) >= 11 is 0. The lowest BCUT2D eigenvalue weighted by Crippen LogP contribution is -2.55. The zero-order valence-electron chi connectivity index (χ0n) is 14.8. The second-order valence-electron chi connectivity index (χ2n) is 6.61. The van der Waals surface area contributed by atoms with Crippen molar-refractivity contribution in [1.29, 1.82) is 0 Å². The van der Waals surface area contributed by atoms with Crippen LogP contribution in [0.1, 0.15) is 30.4 Å². The Morgan fingerprint density at radius 1 is 0.769 bits per heavy atom. The highest BCUT2D eigenvalue weighted by atomic mass is 16.2. The number of benzene rings is 2. The zero-order valence-corrected chi connectivity index (χ0v) is 14.8. The summed E-state index contributed by atoms with van der Waals surface area (Å²) in [7, 11) is 0. The predicted octanol–water partition coefficient (Wildman–Crippen LogP) is 2.13. The standard InChI is InChI=1S/C21H25N3O2/c25-20(22-14-16-8-3-1-4-9-16)18-12-7-13-19(24-18)21(26)23-15-17-10-5-2-6-11-17/h1-6,8-11,18-19,24H,7,12-15H2,(H,22,25)(H,23,26). The third-order valence-electron chi connectivity index (χ3n) is 4.64. The van der Waals surface area contributed by atoms with Gasteiger partial charge in [-0.1, -0.05) is 60.7 Å². The van der Waals surface area contributed by atoms with Gasteiger partial charge < -0.3 is 10.6 Å². The first-order valence-corrected chi connectivity index (χ1v) is 9.12. The van der Waals surface area contributed by atoms with Crippen LogP contribution in [0.4, 0.5) is 0 Å². The van der Waals surface area contributed by atoms with Gasteiger partial charge in [0.1, 0.15) is 0 Å². The van der Waals surface area contributed by atoms with Crippen molar-refractivity contribution in [3.05, 3.63) is 71.8 Å². The molecule has 136 valence electrons. The lowest BCUT2D eigenvalue weighted by atomic mass is 9.97. The van der Waals surface area contributed by atoms with E-state index in [4.69, 9.17) is 0 Å².